The molecule has 0 radical (unpaired) electrons. The Morgan fingerprint density at radius 3 is 3.00 bits per heavy atom. The van der Waals surface area contributed by atoms with Gasteiger partial charge in [-0.3, -0.25) is 9.78 Å². The molecule has 3 N–H and O–H groups in total. The maximum absolute atomic E-state index is 11.3. The van der Waals surface area contributed by atoms with E-state index >= 15 is 0 Å². The van der Waals surface area contributed by atoms with Crippen LogP contribution in [0.25, 0.3) is 0 Å². The number of nitrogens with zero attached hydrogens (tertiary/aromatic N) is 2. The van der Waals surface area contributed by atoms with Crippen molar-refractivity contribution >= 4 is 11.6 Å². The van der Waals surface area contributed by atoms with E-state index in [9.17, 15) is 4.79 Å². The van der Waals surface area contributed by atoms with Gasteiger partial charge in [-0.05, 0) is 12.1 Å². The minimum Gasteiger partial charge on any atom is -0.368 e. The number of carbonyl (C=O) groups is 1. The summed E-state index contributed by atoms with van der Waals surface area (Å²) in [5.74, 6) is -0.165. The Labute approximate surface area is 88.3 Å². The van der Waals surface area contributed by atoms with Gasteiger partial charge in [0.1, 0.15) is 5.69 Å². The first-order chi connectivity index (χ1) is 7.20. The standard InChI is InChI=1S/C10H14N4O/c1-12-10(15)9-4-8(2-3-13-9)14-5-7(11)6-14/h2-4,7H,5-6,11H2,1H3,(H,12,15). The molecule has 1 fully saturated rings. The minimum absolute atomic E-state index is 0.165. The van der Waals surface area contributed by atoms with Crippen molar-refractivity contribution in [3.63, 3.8) is 0 Å². The van der Waals surface area contributed by atoms with Gasteiger partial charge in [-0.25, -0.2) is 0 Å². The van der Waals surface area contributed by atoms with Gasteiger partial charge in [0.2, 0.25) is 0 Å². The first-order valence-corrected chi connectivity index (χ1v) is 4.89. The number of carbonyl (C=O) groups excluding carboxylic acids is 1. The van der Waals surface area contributed by atoms with Crippen LogP contribution in [0.3, 0.4) is 0 Å². The van der Waals surface area contributed by atoms with E-state index in [1.54, 1.807) is 19.3 Å². The molecule has 2 rings (SSSR count). The van der Waals surface area contributed by atoms with E-state index in [1.807, 2.05) is 6.07 Å². The summed E-state index contributed by atoms with van der Waals surface area (Å²) < 4.78 is 0. The SMILES string of the molecule is CNC(=O)c1cc(N2CC(N)C2)ccn1. The molecule has 1 saturated heterocycles. The van der Waals surface area contributed by atoms with Gasteiger partial charge in [-0.15, -0.1) is 0 Å². The van der Waals surface area contributed by atoms with Crippen LogP contribution in [0.4, 0.5) is 5.69 Å². The van der Waals surface area contributed by atoms with Gasteiger partial charge >= 0.3 is 0 Å². The molecule has 80 valence electrons. The van der Waals surface area contributed by atoms with Gasteiger partial charge in [0.05, 0.1) is 0 Å². The van der Waals surface area contributed by atoms with E-state index in [0.29, 0.717) is 5.69 Å². The topological polar surface area (TPSA) is 71.2 Å². The van der Waals surface area contributed by atoms with Crippen LogP contribution in [0.5, 0.6) is 0 Å². The highest BCUT2D eigenvalue weighted by Gasteiger charge is 2.23. The highest BCUT2D eigenvalue weighted by molar-refractivity contribution is 5.92. The molecule has 5 heteroatoms. The second-order valence-corrected chi connectivity index (χ2v) is 3.64. The summed E-state index contributed by atoms with van der Waals surface area (Å²) in [5.41, 5.74) is 7.14. The quantitative estimate of drug-likeness (QED) is 0.690. The lowest BCUT2D eigenvalue weighted by Crippen LogP contribution is -2.55. The fourth-order valence-corrected chi connectivity index (χ4v) is 1.59. The molecular formula is C10H14N4O. The van der Waals surface area contributed by atoms with E-state index < -0.39 is 0 Å². The number of hydrogen-bond acceptors (Lipinski definition) is 4. The smallest absolute Gasteiger partial charge is 0.269 e. The van der Waals surface area contributed by atoms with Gasteiger partial charge in [-0.1, -0.05) is 0 Å². The fraction of sp³-hybridized carbons (Fsp3) is 0.400. The number of hydrogen-bond donors (Lipinski definition) is 2. The molecular weight excluding hydrogens is 192 g/mol. The van der Waals surface area contributed by atoms with E-state index in [-0.39, 0.29) is 11.9 Å². The van der Waals surface area contributed by atoms with Crippen LogP contribution in [0, 0.1) is 0 Å². The number of amides is 1. The second kappa shape index (κ2) is 3.86. The second-order valence-electron chi connectivity index (χ2n) is 3.64. The zero-order valence-electron chi connectivity index (χ0n) is 8.60. The van der Waals surface area contributed by atoms with Crippen molar-refractivity contribution in [1.29, 1.82) is 0 Å². The van der Waals surface area contributed by atoms with Crippen molar-refractivity contribution in [2.45, 2.75) is 6.04 Å². The Morgan fingerprint density at radius 1 is 1.67 bits per heavy atom. The van der Waals surface area contributed by atoms with E-state index in [1.165, 1.54) is 0 Å². The lowest BCUT2D eigenvalue weighted by molar-refractivity contribution is 0.0958. The lowest BCUT2D eigenvalue weighted by atomic mass is 10.1. The summed E-state index contributed by atoms with van der Waals surface area (Å²) >= 11 is 0. The van der Waals surface area contributed by atoms with Crippen molar-refractivity contribution < 1.29 is 4.79 Å². The molecule has 0 atom stereocenters. The Balaban J connectivity index is 2.16. The zero-order chi connectivity index (χ0) is 10.8. The van der Waals surface area contributed by atoms with E-state index in [4.69, 9.17) is 5.73 Å². The van der Waals surface area contributed by atoms with Crippen molar-refractivity contribution in [2.75, 3.05) is 25.0 Å². The van der Waals surface area contributed by atoms with Gasteiger partial charge in [0, 0.05) is 38.1 Å². The van der Waals surface area contributed by atoms with Gasteiger partial charge in [-0.2, -0.15) is 0 Å². The number of aromatic nitrogens is 1. The average molecular weight is 206 g/mol. The van der Waals surface area contributed by atoms with Gasteiger partial charge in [0.25, 0.3) is 5.91 Å². The molecule has 0 spiro atoms. The van der Waals surface area contributed by atoms with Crippen LogP contribution >= 0.6 is 0 Å². The summed E-state index contributed by atoms with van der Waals surface area (Å²) in [6, 6.07) is 3.92. The monoisotopic (exact) mass is 206 g/mol. The summed E-state index contributed by atoms with van der Waals surface area (Å²) in [6.07, 6.45) is 1.64. The molecule has 15 heavy (non-hydrogen) atoms. The van der Waals surface area contributed by atoms with Gasteiger partial charge < -0.3 is 16.0 Å². The van der Waals surface area contributed by atoms with Crippen molar-refractivity contribution in [3.8, 4) is 0 Å². The molecule has 2 heterocycles. The van der Waals surface area contributed by atoms with Crippen LogP contribution in [0.2, 0.25) is 0 Å². The van der Waals surface area contributed by atoms with Crippen LogP contribution in [-0.2, 0) is 0 Å². The molecule has 0 aliphatic carbocycles. The van der Waals surface area contributed by atoms with Crippen molar-refractivity contribution in [1.82, 2.24) is 10.3 Å². The predicted octanol–water partition coefficient (Wildman–Crippen LogP) is -0.411. The number of nitrogens with two attached hydrogens (primary N) is 1. The Hall–Kier alpha value is -1.62. The maximum atomic E-state index is 11.3. The molecule has 1 aromatic heterocycles. The fourth-order valence-electron chi connectivity index (χ4n) is 1.59. The van der Waals surface area contributed by atoms with E-state index in [2.05, 4.69) is 15.2 Å². The molecule has 0 saturated carbocycles. The van der Waals surface area contributed by atoms with Crippen molar-refractivity contribution in [2.24, 2.45) is 5.73 Å². The number of nitrogens with one attached hydrogen (secondary N) is 1. The lowest BCUT2D eigenvalue weighted by Gasteiger charge is -2.38. The largest absolute Gasteiger partial charge is 0.368 e. The van der Waals surface area contributed by atoms with Crippen LogP contribution in [-0.4, -0.2) is 37.1 Å². The number of rotatable bonds is 2. The normalized spacial score (nSPS) is 16.0. The molecule has 1 aliphatic heterocycles. The first-order valence-electron chi connectivity index (χ1n) is 4.89. The summed E-state index contributed by atoms with van der Waals surface area (Å²) in [4.78, 5) is 17.5. The average Bonchev–Trinajstić information content (AvgIpc) is 2.24. The van der Waals surface area contributed by atoms with Gasteiger partial charge in [0.15, 0.2) is 0 Å². The molecule has 0 aromatic carbocycles. The highest BCUT2D eigenvalue weighted by atomic mass is 16.1. The Bertz CT molecular complexity index is 373. The predicted molar refractivity (Wildman–Crippen MR) is 57.8 cm³/mol. The van der Waals surface area contributed by atoms with Crippen LogP contribution < -0.4 is 16.0 Å². The number of anilines is 1. The summed E-state index contributed by atoms with van der Waals surface area (Å²) in [5, 5.41) is 2.55. The van der Waals surface area contributed by atoms with Crippen LogP contribution in [0.1, 0.15) is 10.5 Å². The molecule has 1 aliphatic rings. The zero-order valence-corrected chi connectivity index (χ0v) is 8.60. The highest BCUT2D eigenvalue weighted by Crippen LogP contribution is 2.19. The third-order valence-corrected chi connectivity index (χ3v) is 2.48. The molecule has 1 aromatic rings. The number of pyridine rings is 1. The minimum atomic E-state index is -0.165. The van der Waals surface area contributed by atoms with E-state index in [0.717, 1.165) is 18.8 Å². The Morgan fingerprint density at radius 2 is 2.40 bits per heavy atom. The summed E-state index contributed by atoms with van der Waals surface area (Å²) in [6.45, 7) is 1.69. The maximum Gasteiger partial charge on any atom is 0.269 e. The first kappa shape index (κ1) is 9.92. The third kappa shape index (κ3) is 1.92. The third-order valence-electron chi connectivity index (χ3n) is 2.48. The molecule has 5 nitrogen and oxygen atoms in total. The van der Waals surface area contributed by atoms with Crippen molar-refractivity contribution in [3.05, 3.63) is 24.0 Å². The molecule has 1 amide bonds. The van der Waals surface area contributed by atoms with Crippen LogP contribution in [0.15, 0.2) is 18.3 Å². The Kier molecular flexibility index (Phi) is 2.55. The summed E-state index contributed by atoms with van der Waals surface area (Å²) in [7, 11) is 1.59. The molecule has 0 bridgehead atoms. The molecule has 0 unspecified atom stereocenters.